The molecule has 0 saturated heterocycles. The minimum absolute atomic E-state index is 0.686. The van der Waals surface area contributed by atoms with E-state index in [2.05, 4.69) is 20.4 Å². The third-order valence-corrected chi connectivity index (χ3v) is 5.91. The SMILES string of the molecule is Cc1nc2ccc(-c3ccn4nc(NCC5CCCCC5)ncc34)nc2n1C. The summed E-state index contributed by atoms with van der Waals surface area (Å²) in [5, 5.41) is 8.06. The maximum Gasteiger partial charge on any atom is 0.241 e. The molecular weight excluding hydrogens is 350 g/mol. The van der Waals surface area contributed by atoms with E-state index in [-0.39, 0.29) is 0 Å². The van der Waals surface area contributed by atoms with Gasteiger partial charge >= 0.3 is 0 Å². The van der Waals surface area contributed by atoms with Crippen LogP contribution < -0.4 is 5.32 Å². The molecule has 0 atom stereocenters. The van der Waals surface area contributed by atoms with Crippen LogP contribution >= 0.6 is 0 Å². The fourth-order valence-electron chi connectivity index (χ4n) is 4.15. The van der Waals surface area contributed by atoms with E-state index in [1.165, 1.54) is 32.1 Å². The molecule has 0 aliphatic heterocycles. The van der Waals surface area contributed by atoms with E-state index in [1.807, 2.05) is 53.6 Å². The van der Waals surface area contributed by atoms with Crippen molar-refractivity contribution in [2.75, 3.05) is 11.9 Å². The van der Waals surface area contributed by atoms with E-state index in [1.54, 1.807) is 0 Å². The molecule has 144 valence electrons. The monoisotopic (exact) mass is 375 g/mol. The minimum Gasteiger partial charge on any atom is -0.353 e. The molecular formula is C21H25N7. The zero-order chi connectivity index (χ0) is 19.1. The summed E-state index contributed by atoms with van der Waals surface area (Å²) in [6.07, 6.45) is 10.5. The topological polar surface area (TPSA) is 72.9 Å². The highest BCUT2D eigenvalue weighted by molar-refractivity contribution is 5.82. The van der Waals surface area contributed by atoms with Crippen LogP contribution in [-0.2, 0) is 7.05 Å². The van der Waals surface area contributed by atoms with Crippen molar-refractivity contribution >= 4 is 22.6 Å². The molecule has 1 aliphatic rings. The third kappa shape index (κ3) is 3.00. The second-order valence-electron chi connectivity index (χ2n) is 7.78. The maximum atomic E-state index is 4.82. The van der Waals surface area contributed by atoms with E-state index >= 15 is 0 Å². The summed E-state index contributed by atoms with van der Waals surface area (Å²) in [5.74, 6) is 2.39. The summed E-state index contributed by atoms with van der Waals surface area (Å²) in [7, 11) is 1.99. The van der Waals surface area contributed by atoms with E-state index in [0.29, 0.717) is 5.95 Å². The van der Waals surface area contributed by atoms with Crippen molar-refractivity contribution in [3.05, 3.63) is 36.4 Å². The molecule has 28 heavy (non-hydrogen) atoms. The second-order valence-corrected chi connectivity index (χ2v) is 7.78. The highest BCUT2D eigenvalue weighted by atomic mass is 15.3. The van der Waals surface area contributed by atoms with E-state index in [0.717, 1.165) is 46.2 Å². The van der Waals surface area contributed by atoms with Crippen LogP contribution in [0.1, 0.15) is 37.9 Å². The van der Waals surface area contributed by atoms with Gasteiger partial charge in [-0.3, -0.25) is 0 Å². The lowest BCUT2D eigenvalue weighted by Gasteiger charge is -2.21. The maximum absolute atomic E-state index is 4.82. The number of rotatable bonds is 4. The Kier molecular flexibility index (Phi) is 4.22. The molecule has 1 saturated carbocycles. The number of anilines is 1. The van der Waals surface area contributed by atoms with Crippen LogP contribution in [0.25, 0.3) is 27.9 Å². The lowest BCUT2D eigenvalue weighted by molar-refractivity contribution is 0.373. The molecule has 0 bridgehead atoms. The molecule has 1 fully saturated rings. The minimum atomic E-state index is 0.686. The molecule has 0 spiro atoms. The van der Waals surface area contributed by atoms with Gasteiger partial charge in [-0.1, -0.05) is 19.3 Å². The largest absolute Gasteiger partial charge is 0.353 e. The van der Waals surface area contributed by atoms with Gasteiger partial charge in [0.05, 0.1) is 17.4 Å². The Balaban J connectivity index is 1.42. The van der Waals surface area contributed by atoms with Gasteiger partial charge in [0.15, 0.2) is 5.65 Å². The number of nitrogens with one attached hydrogen (secondary N) is 1. The number of hydrogen-bond acceptors (Lipinski definition) is 5. The van der Waals surface area contributed by atoms with Crippen molar-refractivity contribution < 1.29 is 0 Å². The van der Waals surface area contributed by atoms with E-state index in [4.69, 9.17) is 4.98 Å². The van der Waals surface area contributed by atoms with Crippen LogP contribution in [0.2, 0.25) is 0 Å². The first-order valence-electron chi connectivity index (χ1n) is 10.1. The number of hydrogen-bond donors (Lipinski definition) is 1. The van der Waals surface area contributed by atoms with Crippen LogP contribution in [0.3, 0.4) is 0 Å². The van der Waals surface area contributed by atoms with Crippen LogP contribution in [0.15, 0.2) is 30.6 Å². The Morgan fingerprint density at radius 2 is 1.96 bits per heavy atom. The Bertz CT molecular complexity index is 1130. The Morgan fingerprint density at radius 3 is 2.82 bits per heavy atom. The zero-order valence-electron chi connectivity index (χ0n) is 16.4. The molecule has 0 radical (unpaired) electrons. The molecule has 5 rings (SSSR count). The van der Waals surface area contributed by atoms with Gasteiger partial charge in [-0.25, -0.2) is 19.5 Å². The van der Waals surface area contributed by atoms with E-state index in [9.17, 15) is 0 Å². The Labute approximate surface area is 163 Å². The number of aryl methyl sites for hydroxylation is 2. The van der Waals surface area contributed by atoms with Gasteiger partial charge in [0, 0.05) is 25.4 Å². The van der Waals surface area contributed by atoms with Gasteiger partial charge in [0.1, 0.15) is 11.3 Å². The molecule has 7 heteroatoms. The average Bonchev–Trinajstić information content (AvgIpc) is 3.27. The molecule has 1 N–H and O–H groups in total. The summed E-state index contributed by atoms with van der Waals surface area (Å²) in [6.45, 7) is 2.95. The fourth-order valence-corrected chi connectivity index (χ4v) is 4.15. The summed E-state index contributed by atoms with van der Waals surface area (Å²) in [4.78, 5) is 13.9. The number of aromatic nitrogens is 6. The standard InChI is InChI=1S/C21H25N7/c1-14-24-18-9-8-17(25-20(18)27(14)2)16-10-11-28-19(16)13-23-21(26-28)22-12-15-6-4-3-5-7-15/h8-11,13,15H,3-7,12H2,1-2H3,(H,22,26). The Hall–Kier alpha value is -2.96. The first-order chi connectivity index (χ1) is 13.7. The highest BCUT2D eigenvalue weighted by Crippen LogP contribution is 2.26. The van der Waals surface area contributed by atoms with Crippen molar-refractivity contribution in [3.63, 3.8) is 0 Å². The van der Waals surface area contributed by atoms with Crippen molar-refractivity contribution in [2.24, 2.45) is 13.0 Å². The second kappa shape index (κ2) is 6.89. The first kappa shape index (κ1) is 17.2. The predicted molar refractivity (Wildman–Crippen MR) is 110 cm³/mol. The van der Waals surface area contributed by atoms with Gasteiger partial charge in [0.25, 0.3) is 0 Å². The zero-order valence-corrected chi connectivity index (χ0v) is 16.4. The van der Waals surface area contributed by atoms with Crippen LogP contribution in [0.4, 0.5) is 5.95 Å². The number of fused-ring (bicyclic) bond motifs is 2. The van der Waals surface area contributed by atoms with Crippen molar-refractivity contribution in [2.45, 2.75) is 39.0 Å². The van der Waals surface area contributed by atoms with Crippen LogP contribution in [0, 0.1) is 12.8 Å². The molecule has 1 aliphatic carbocycles. The van der Waals surface area contributed by atoms with Crippen molar-refractivity contribution in [3.8, 4) is 11.3 Å². The summed E-state index contributed by atoms with van der Waals surface area (Å²) < 4.78 is 3.90. The number of pyridine rings is 1. The number of imidazole rings is 1. The van der Waals surface area contributed by atoms with Crippen LogP contribution in [0.5, 0.6) is 0 Å². The normalized spacial score (nSPS) is 15.5. The molecule has 4 heterocycles. The van der Waals surface area contributed by atoms with Gasteiger partial charge in [-0.15, -0.1) is 5.10 Å². The smallest absolute Gasteiger partial charge is 0.241 e. The molecule has 0 aromatic carbocycles. The predicted octanol–water partition coefficient (Wildman–Crippen LogP) is 3.98. The fraction of sp³-hybridized carbons (Fsp3) is 0.429. The van der Waals surface area contributed by atoms with Crippen molar-refractivity contribution in [1.82, 2.24) is 29.1 Å². The quantitative estimate of drug-likeness (QED) is 0.584. The lowest BCUT2D eigenvalue weighted by Crippen LogP contribution is -2.18. The summed E-state index contributed by atoms with van der Waals surface area (Å²) in [5.41, 5.74) is 4.69. The highest BCUT2D eigenvalue weighted by Gasteiger charge is 2.15. The summed E-state index contributed by atoms with van der Waals surface area (Å²) in [6, 6.07) is 6.08. The molecule has 0 unspecified atom stereocenters. The van der Waals surface area contributed by atoms with Crippen molar-refractivity contribution in [1.29, 1.82) is 0 Å². The molecule has 7 nitrogen and oxygen atoms in total. The first-order valence-corrected chi connectivity index (χ1v) is 10.1. The molecule has 4 aromatic rings. The van der Waals surface area contributed by atoms with Crippen LogP contribution in [-0.4, -0.2) is 35.7 Å². The van der Waals surface area contributed by atoms with E-state index < -0.39 is 0 Å². The van der Waals surface area contributed by atoms with Gasteiger partial charge in [-0.2, -0.15) is 0 Å². The van der Waals surface area contributed by atoms with Gasteiger partial charge in [-0.05, 0) is 43.9 Å². The molecule has 0 amide bonds. The molecule has 4 aromatic heterocycles. The third-order valence-electron chi connectivity index (χ3n) is 5.91. The number of nitrogens with zero attached hydrogens (tertiary/aromatic N) is 6. The average molecular weight is 375 g/mol. The van der Waals surface area contributed by atoms with Gasteiger partial charge < -0.3 is 9.88 Å². The summed E-state index contributed by atoms with van der Waals surface area (Å²) >= 11 is 0. The Morgan fingerprint density at radius 1 is 1.11 bits per heavy atom. The van der Waals surface area contributed by atoms with Gasteiger partial charge in [0.2, 0.25) is 5.95 Å². The lowest BCUT2D eigenvalue weighted by atomic mass is 9.89.